The van der Waals surface area contributed by atoms with Crippen molar-refractivity contribution < 1.29 is 9.53 Å². The van der Waals surface area contributed by atoms with Gasteiger partial charge in [0.2, 0.25) is 0 Å². The molecule has 0 bridgehead atoms. The van der Waals surface area contributed by atoms with Crippen LogP contribution in [0.25, 0.3) is 10.8 Å². The van der Waals surface area contributed by atoms with Crippen LogP contribution in [0.1, 0.15) is 11.7 Å². The maximum atomic E-state index is 10.8. The summed E-state index contributed by atoms with van der Waals surface area (Å²) in [7, 11) is 0. The van der Waals surface area contributed by atoms with Crippen LogP contribution in [0.2, 0.25) is 0 Å². The molecule has 3 rings (SSSR count). The van der Waals surface area contributed by atoms with Gasteiger partial charge in [-0.1, -0.05) is 30.3 Å². The van der Waals surface area contributed by atoms with Crippen LogP contribution < -0.4 is 4.74 Å². The first-order chi connectivity index (χ1) is 6.90. The third-order valence-electron chi connectivity index (χ3n) is 2.58. The fraction of sp³-hybridized carbons (Fsp3) is 0.0833. The molecule has 0 fully saturated rings. The van der Waals surface area contributed by atoms with Crippen molar-refractivity contribution in [3.63, 3.8) is 0 Å². The van der Waals surface area contributed by atoms with Crippen molar-refractivity contribution in [1.29, 1.82) is 0 Å². The highest BCUT2D eigenvalue weighted by Gasteiger charge is 2.24. The lowest BCUT2D eigenvalue weighted by atomic mass is 10.0. The molecule has 0 spiro atoms. The minimum atomic E-state index is -0.420. The van der Waals surface area contributed by atoms with Crippen molar-refractivity contribution >= 4 is 17.1 Å². The first-order valence-electron chi connectivity index (χ1n) is 4.54. The van der Waals surface area contributed by atoms with Gasteiger partial charge in [-0.3, -0.25) is 4.79 Å². The molecule has 14 heavy (non-hydrogen) atoms. The molecule has 0 aliphatic carbocycles. The van der Waals surface area contributed by atoms with Crippen LogP contribution in [0.5, 0.6) is 5.75 Å². The van der Waals surface area contributed by atoms with Crippen LogP contribution in [-0.4, -0.2) is 6.29 Å². The summed E-state index contributed by atoms with van der Waals surface area (Å²) in [5, 5.41) is 2.21. The first-order valence-corrected chi connectivity index (χ1v) is 4.54. The second-order valence-electron chi connectivity index (χ2n) is 3.38. The van der Waals surface area contributed by atoms with Gasteiger partial charge in [0, 0.05) is 10.9 Å². The molecule has 1 aliphatic heterocycles. The predicted molar refractivity (Wildman–Crippen MR) is 53.4 cm³/mol. The molecule has 0 aromatic heterocycles. The van der Waals surface area contributed by atoms with Gasteiger partial charge in [0.25, 0.3) is 0 Å². The van der Waals surface area contributed by atoms with E-state index in [1.807, 2.05) is 36.4 Å². The molecule has 1 atom stereocenters. The van der Waals surface area contributed by atoms with Crippen LogP contribution in [0.3, 0.4) is 0 Å². The van der Waals surface area contributed by atoms with Gasteiger partial charge in [-0.2, -0.15) is 0 Å². The van der Waals surface area contributed by atoms with E-state index in [4.69, 9.17) is 4.74 Å². The average Bonchev–Trinajstić information content (AvgIpc) is 2.60. The number of aldehydes is 1. The second kappa shape index (κ2) is 2.58. The average molecular weight is 184 g/mol. The minimum absolute atomic E-state index is 0.420. The van der Waals surface area contributed by atoms with E-state index in [-0.39, 0.29) is 0 Å². The third-order valence-corrected chi connectivity index (χ3v) is 2.58. The van der Waals surface area contributed by atoms with Gasteiger partial charge in [0.1, 0.15) is 5.75 Å². The van der Waals surface area contributed by atoms with Gasteiger partial charge in [0.05, 0.1) is 0 Å². The number of benzene rings is 2. The Morgan fingerprint density at radius 2 is 1.93 bits per heavy atom. The van der Waals surface area contributed by atoms with Crippen LogP contribution in [0, 0.1) is 0 Å². The summed E-state index contributed by atoms with van der Waals surface area (Å²) in [5.74, 6) is 0.815. The predicted octanol–water partition coefficient (Wildman–Crippen LogP) is 2.47. The van der Waals surface area contributed by atoms with Crippen molar-refractivity contribution in [3.8, 4) is 5.75 Å². The first kappa shape index (κ1) is 7.56. The number of hydrogen-bond acceptors (Lipinski definition) is 2. The number of ether oxygens (including phenoxy) is 1. The van der Waals surface area contributed by atoms with Crippen LogP contribution >= 0.6 is 0 Å². The SMILES string of the molecule is O=CC1Oc2cccc3cccc1c23. The molecule has 0 N–H and O–H groups in total. The Labute approximate surface area is 81.1 Å². The molecule has 2 aromatic rings. The Hall–Kier alpha value is -1.83. The lowest BCUT2D eigenvalue weighted by Gasteiger charge is -2.02. The molecule has 2 aromatic carbocycles. The molecule has 0 saturated heterocycles. The molecular weight excluding hydrogens is 176 g/mol. The summed E-state index contributed by atoms with van der Waals surface area (Å²) < 4.78 is 5.50. The van der Waals surface area contributed by atoms with Crippen LogP contribution in [0.15, 0.2) is 36.4 Å². The summed E-state index contributed by atoms with van der Waals surface area (Å²) in [6, 6.07) is 11.8. The van der Waals surface area contributed by atoms with E-state index < -0.39 is 6.10 Å². The Morgan fingerprint density at radius 1 is 1.14 bits per heavy atom. The smallest absolute Gasteiger partial charge is 0.179 e. The van der Waals surface area contributed by atoms with E-state index in [9.17, 15) is 4.79 Å². The maximum Gasteiger partial charge on any atom is 0.179 e. The Kier molecular flexibility index (Phi) is 1.39. The molecule has 1 unspecified atom stereocenters. The number of rotatable bonds is 1. The summed E-state index contributed by atoms with van der Waals surface area (Å²) >= 11 is 0. The van der Waals surface area contributed by atoms with Crippen molar-refractivity contribution in [2.45, 2.75) is 6.10 Å². The lowest BCUT2D eigenvalue weighted by Crippen LogP contribution is -2.02. The molecule has 0 amide bonds. The largest absolute Gasteiger partial charge is 0.478 e. The van der Waals surface area contributed by atoms with E-state index >= 15 is 0 Å². The van der Waals surface area contributed by atoms with Gasteiger partial charge in [-0.15, -0.1) is 0 Å². The molecular formula is C12H8O2. The monoisotopic (exact) mass is 184 g/mol. The number of hydrogen-bond donors (Lipinski definition) is 0. The van der Waals surface area contributed by atoms with Crippen molar-refractivity contribution in [3.05, 3.63) is 42.0 Å². The van der Waals surface area contributed by atoms with Gasteiger partial charge < -0.3 is 4.74 Å². The second-order valence-corrected chi connectivity index (χ2v) is 3.38. The minimum Gasteiger partial charge on any atom is -0.478 e. The van der Waals surface area contributed by atoms with Gasteiger partial charge in [-0.05, 0) is 11.5 Å². The maximum absolute atomic E-state index is 10.8. The number of carbonyl (C=O) groups is 1. The van der Waals surface area contributed by atoms with Gasteiger partial charge in [0.15, 0.2) is 12.4 Å². The molecule has 68 valence electrons. The third kappa shape index (κ3) is 0.826. The van der Waals surface area contributed by atoms with Gasteiger partial charge in [-0.25, -0.2) is 0 Å². The highest BCUT2D eigenvalue weighted by molar-refractivity contribution is 5.95. The normalized spacial score (nSPS) is 18.1. The van der Waals surface area contributed by atoms with Crippen molar-refractivity contribution in [2.24, 2.45) is 0 Å². The zero-order valence-electron chi connectivity index (χ0n) is 7.44. The zero-order valence-corrected chi connectivity index (χ0v) is 7.44. The molecule has 1 heterocycles. The van der Waals surface area contributed by atoms with E-state index in [0.29, 0.717) is 0 Å². The van der Waals surface area contributed by atoms with Gasteiger partial charge >= 0.3 is 0 Å². The Morgan fingerprint density at radius 3 is 2.71 bits per heavy atom. The lowest BCUT2D eigenvalue weighted by molar-refractivity contribution is -0.113. The molecule has 2 nitrogen and oxygen atoms in total. The number of carbonyl (C=O) groups excluding carboxylic acids is 1. The van der Waals surface area contributed by atoms with E-state index in [0.717, 1.165) is 28.4 Å². The highest BCUT2D eigenvalue weighted by atomic mass is 16.5. The summed E-state index contributed by atoms with van der Waals surface area (Å²) in [6.07, 6.45) is 0.422. The van der Waals surface area contributed by atoms with Crippen LogP contribution in [0.4, 0.5) is 0 Å². The van der Waals surface area contributed by atoms with Crippen LogP contribution in [-0.2, 0) is 4.79 Å². The topological polar surface area (TPSA) is 26.3 Å². The zero-order chi connectivity index (χ0) is 9.54. The van der Waals surface area contributed by atoms with E-state index in [1.165, 1.54) is 0 Å². The molecule has 0 radical (unpaired) electrons. The molecule has 1 aliphatic rings. The summed E-state index contributed by atoms with van der Waals surface area (Å²) in [4.78, 5) is 10.8. The Balaban J connectivity index is 2.43. The van der Waals surface area contributed by atoms with E-state index in [1.54, 1.807) is 0 Å². The summed E-state index contributed by atoms with van der Waals surface area (Å²) in [5.41, 5.74) is 0.980. The summed E-state index contributed by atoms with van der Waals surface area (Å²) in [6.45, 7) is 0. The fourth-order valence-electron chi connectivity index (χ4n) is 1.97. The molecule has 0 saturated carbocycles. The molecule has 2 heteroatoms. The van der Waals surface area contributed by atoms with Crippen molar-refractivity contribution in [2.75, 3.05) is 0 Å². The highest BCUT2D eigenvalue weighted by Crippen LogP contribution is 2.40. The fourth-order valence-corrected chi connectivity index (χ4v) is 1.97. The van der Waals surface area contributed by atoms with Crippen molar-refractivity contribution in [1.82, 2.24) is 0 Å². The standard InChI is InChI=1S/C12H8O2/c13-7-11-9-5-1-3-8-4-2-6-10(14-11)12(8)9/h1-7,11H. The quantitative estimate of drug-likeness (QED) is 0.636. The Bertz CT molecular complexity index is 511. The van der Waals surface area contributed by atoms with E-state index in [2.05, 4.69) is 0 Å².